The van der Waals surface area contributed by atoms with Gasteiger partial charge >= 0.3 is 0 Å². The molecule has 0 fully saturated rings. The fourth-order valence-electron chi connectivity index (χ4n) is 2.73. The molecule has 6 nitrogen and oxygen atoms in total. The molecular weight excluding hydrogens is 471 g/mol. The molecule has 168 valence electrons. The van der Waals surface area contributed by atoms with Crippen molar-refractivity contribution in [3.8, 4) is 11.5 Å². The van der Waals surface area contributed by atoms with Crippen molar-refractivity contribution in [3.05, 3.63) is 87.4 Å². The number of hydrogen-bond donors (Lipinski definition) is 1. The monoisotopic (exact) mass is 492 g/mol. The first-order chi connectivity index (χ1) is 15.3. The molecule has 0 aromatic heterocycles. The lowest BCUT2D eigenvalue weighted by atomic mass is 10.2. The largest absolute Gasteiger partial charge is 0.490 e. The van der Waals surface area contributed by atoms with Gasteiger partial charge in [-0.2, -0.15) is 13.5 Å². The number of halogens is 2. The second kappa shape index (κ2) is 10.7. The highest BCUT2D eigenvalue weighted by Gasteiger charge is 2.12. The summed E-state index contributed by atoms with van der Waals surface area (Å²) in [5.74, 6) is 1.03. The average molecular weight is 493 g/mol. The van der Waals surface area contributed by atoms with E-state index in [9.17, 15) is 8.42 Å². The van der Waals surface area contributed by atoms with Crippen LogP contribution in [0.3, 0.4) is 0 Å². The SMILES string of the molecule is CCOc1cc(/C=N\NS(=O)(=O)c2ccc(C)cc2)ccc1OCc1ccc(Cl)cc1Cl. The molecule has 0 aliphatic carbocycles. The molecule has 0 aliphatic heterocycles. The van der Waals surface area contributed by atoms with E-state index in [0.717, 1.165) is 11.1 Å². The van der Waals surface area contributed by atoms with Gasteiger partial charge in [0.1, 0.15) is 6.61 Å². The molecule has 0 unspecified atom stereocenters. The first-order valence-corrected chi connectivity index (χ1v) is 12.0. The maximum atomic E-state index is 12.3. The van der Waals surface area contributed by atoms with E-state index in [1.807, 2.05) is 13.8 Å². The Hall–Kier alpha value is -2.74. The second-order valence-corrected chi connectivity index (χ2v) is 9.33. The highest BCUT2D eigenvalue weighted by atomic mass is 35.5. The number of ether oxygens (including phenoxy) is 2. The maximum Gasteiger partial charge on any atom is 0.276 e. The van der Waals surface area contributed by atoms with Gasteiger partial charge in [-0.25, -0.2) is 4.83 Å². The third-order valence-corrected chi connectivity index (χ3v) is 6.21. The van der Waals surface area contributed by atoms with Gasteiger partial charge in [0.05, 0.1) is 17.7 Å². The van der Waals surface area contributed by atoms with Gasteiger partial charge in [-0.05, 0) is 61.9 Å². The fraction of sp³-hybridized carbons (Fsp3) is 0.174. The van der Waals surface area contributed by atoms with Crippen LogP contribution in [0.2, 0.25) is 10.0 Å². The zero-order chi connectivity index (χ0) is 23.1. The van der Waals surface area contributed by atoms with Gasteiger partial charge in [0.25, 0.3) is 10.0 Å². The summed E-state index contributed by atoms with van der Waals surface area (Å²) < 4.78 is 36.2. The van der Waals surface area contributed by atoms with Gasteiger partial charge in [0.2, 0.25) is 0 Å². The minimum Gasteiger partial charge on any atom is -0.490 e. The van der Waals surface area contributed by atoms with Crippen molar-refractivity contribution in [1.82, 2.24) is 4.83 Å². The predicted molar refractivity (Wildman–Crippen MR) is 127 cm³/mol. The third kappa shape index (κ3) is 6.38. The summed E-state index contributed by atoms with van der Waals surface area (Å²) in [4.78, 5) is 2.35. The lowest BCUT2D eigenvalue weighted by Crippen LogP contribution is -2.18. The Morgan fingerprint density at radius 3 is 2.41 bits per heavy atom. The van der Waals surface area contributed by atoms with Gasteiger partial charge in [0, 0.05) is 15.6 Å². The standard InChI is InChI=1S/C23H22Cl2N2O4S/c1-3-30-23-12-17(14-26-27-32(28,29)20-9-4-16(2)5-10-20)6-11-22(23)31-15-18-7-8-19(24)13-21(18)25/h4-14,27H,3,15H2,1-2H3/b26-14-. The number of nitrogens with one attached hydrogen (secondary N) is 1. The quantitative estimate of drug-likeness (QED) is 0.311. The topological polar surface area (TPSA) is 77.0 Å². The van der Waals surface area contributed by atoms with Gasteiger partial charge in [-0.1, -0.05) is 47.0 Å². The van der Waals surface area contributed by atoms with E-state index in [-0.39, 0.29) is 11.5 Å². The van der Waals surface area contributed by atoms with Crippen molar-refractivity contribution < 1.29 is 17.9 Å². The lowest BCUT2D eigenvalue weighted by molar-refractivity contribution is 0.269. The van der Waals surface area contributed by atoms with E-state index >= 15 is 0 Å². The van der Waals surface area contributed by atoms with Crippen LogP contribution >= 0.6 is 23.2 Å². The van der Waals surface area contributed by atoms with E-state index in [4.69, 9.17) is 32.7 Å². The molecule has 3 aromatic rings. The van der Waals surface area contributed by atoms with Crippen molar-refractivity contribution >= 4 is 39.4 Å². The molecular formula is C23H22Cl2N2O4S. The molecule has 0 radical (unpaired) electrons. The van der Waals surface area contributed by atoms with Crippen molar-refractivity contribution in [2.45, 2.75) is 25.3 Å². The molecule has 0 spiro atoms. The highest BCUT2D eigenvalue weighted by Crippen LogP contribution is 2.30. The minimum absolute atomic E-state index is 0.139. The van der Waals surface area contributed by atoms with Crippen LogP contribution in [-0.4, -0.2) is 21.2 Å². The molecule has 0 amide bonds. The van der Waals surface area contributed by atoms with Crippen LogP contribution in [0, 0.1) is 6.92 Å². The molecule has 0 bridgehead atoms. The molecule has 9 heteroatoms. The zero-order valence-electron chi connectivity index (χ0n) is 17.5. The summed E-state index contributed by atoms with van der Waals surface area (Å²) in [5, 5.41) is 4.93. The number of rotatable bonds is 9. The minimum atomic E-state index is -3.75. The molecule has 0 saturated carbocycles. The van der Waals surface area contributed by atoms with E-state index in [0.29, 0.717) is 33.7 Å². The van der Waals surface area contributed by atoms with Gasteiger partial charge < -0.3 is 9.47 Å². The Kier molecular flexibility index (Phi) is 8.01. The van der Waals surface area contributed by atoms with Gasteiger partial charge in [-0.15, -0.1) is 0 Å². The molecule has 0 heterocycles. The van der Waals surface area contributed by atoms with E-state index in [1.54, 1.807) is 48.5 Å². The summed E-state index contributed by atoms with van der Waals surface area (Å²) in [6.07, 6.45) is 1.40. The average Bonchev–Trinajstić information content (AvgIpc) is 2.74. The number of sulfonamides is 1. The van der Waals surface area contributed by atoms with Crippen LogP contribution in [0.15, 0.2) is 70.7 Å². The molecule has 0 saturated heterocycles. The maximum absolute atomic E-state index is 12.3. The van der Waals surface area contributed by atoms with Crippen LogP contribution in [0.5, 0.6) is 11.5 Å². The van der Waals surface area contributed by atoms with E-state index < -0.39 is 10.0 Å². The molecule has 0 aliphatic rings. The van der Waals surface area contributed by atoms with Crippen molar-refractivity contribution in [2.75, 3.05) is 6.61 Å². The molecule has 1 N–H and O–H groups in total. The summed E-state index contributed by atoms with van der Waals surface area (Å²) in [7, 11) is -3.75. The number of hydrogen-bond acceptors (Lipinski definition) is 5. The normalized spacial score (nSPS) is 11.5. The Morgan fingerprint density at radius 2 is 1.72 bits per heavy atom. The second-order valence-electron chi connectivity index (χ2n) is 6.83. The van der Waals surface area contributed by atoms with Crippen LogP contribution in [0.1, 0.15) is 23.6 Å². The number of hydrazone groups is 1. The number of aryl methyl sites for hydroxylation is 1. The molecule has 3 rings (SSSR count). The molecule has 0 atom stereocenters. The van der Waals surface area contributed by atoms with Gasteiger partial charge in [0.15, 0.2) is 11.5 Å². The van der Waals surface area contributed by atoms with Crippen LogP contribution in [0.4, 0.5) is 0 Å². The van der Waals surface area contributed by atoms with Crippen molar-refractivity contribution in [2.24, 2.45) is 5.10 Å². The van der Waals surface area contributed by atoms with E-state index in [2.05, 4.69) is 9.93 Å². The number of benzene rings is 3. The smallest absolute Gasteiger partial charge is 0.276 e. The first-order valence-electron chi connectivity index (χ1n) is 9.73. The summed E-state index contributed by atoms with van der Waals surface area (Å²) >= 11 is 12.1. The molecule has 3 aromatic carbocycles. The Morgan fingerprint density at radius 1 is 0.969 bits per heavy atom. The number of nitrogens with zero attached hydrogens (tertiary/aromatic N) is 1. The Bertz CT molecular complexity index is 1210. The van der Waals surface area contributed by atoms with Gasteiger partial charge in [-0.3, -0.25) is 0 Å². The predicted octanol–water partition coefficient (Wildman–Crippen LogP) is 5.59. The highest BCUT2D eigenvalue weighted by molar-refractivity contribution is 7.89. The lowest BCUT2D eigenvalue weighted by Gasteiger charge is -2.13. The van der Waals surface area contributed by atoms with Crippen molar-refractivity contribution in [1.29, 1.82) is 0 Å². The van der Waals surface area contributed by atoms with Crippen LogP contribution in [0.25, 0.3) is 0 Å². The summed E-state index contributed by atoms with van der Waals surface area (Å²) in [6.45, 7) is 4.41. The first kappa shape index (κ1) is 23.9. The van der Waals surface area contributed by atoms with Crippen molar-refractivity contribution in [3.63, 3.8) is 0 Å². The Labute approximate surface area is 197 Å². The fourth-order valence-corrected chi connectivity index (χ4v) is 3.98. The van der Waals surface area contributed by atoms with E-state index in [1.165, 1.54) is 18.3 Å². The summed E-state index contributed by atoms with van der Waals surface area (Å²) in [5.41, 5.74) is 2.39. The van der Waals surface area contributed by atoms with Crippen LogP contribution < -0.4 is 14.3 Å². The third-order valence-electron chi connectivity index (χ3n) is 4.38. The summed E-state index contributed by atoms with van der Waals surface area (Å²) in [6, 6.07) is 16.9. The van der Waals surface area contributed by atoms with Crippen LogP contribution in [-0.2, 0) is 16.6 Å². The Balaban J connectivity index is 1.71. The molecule has 32 heavy (non-hydrogen) atoms. The zero-order valence-corrected chi connectivity index (χ0v) is 19.8.